The van der Waals surface area contributed by atoms with E-state index in [1.165, 1.54) is 0 Å². The molecule has 0 amide bonds. The predicted molar refractivity (Wildman–Crippen MR) is 70.8 cm³/mol. The summed E-state index contributed by atoms with van der Waals surface area (Å²) < 4.78 is 6.13. The largest absolute Gasteiger partial charge is 0.478 e. The van der Waals surface area contributed by atoms with E-state index in [1.807, 2.05) is 12.1 Å². The third-order valence-electron chi connectivity index (χ3n) is 2.77. The van der Waals surface area contributed by atoms with Crippen molar-refractivity contribution in [1.82, 2.24) is 0 Å². The first-order chi connectivity index (χ1) is 8.08. The van der Waals surface area contributed by atoms with Crippen molar-refractivity contribution < 1.29 is 14.6 Å². The summed E-state index contributed by atoms with van der Waals surface area (Å²) in [5.74, 6) is -0.911. The van der Waals surface area contributed by atoms with Crippen molar-refractivity contribution in [3.8, 4) is 0 Å². The van der Waals surface area contributed by atoms with Gasteiger partial charge in [0.25, 0.3) is 0 Å². The zero-order valence-corrected chi connectivity index (χ0v) is 11.8. The summed E-state index contributed by atoms with van der Waals surface area (Å²) in [5.41, 5.74) is 0.296. The summed E-state index contributed by atoms with van der Waals surface area (Å²) >= 11 is 5.03. The molecule has 1 fully saturated rings. The van der Waals surface area contributed by atoms with Crippen molar-refractivity contribution in [2.45, 2.75) is 29.6 Å². The molecule has 0 bridgehead atoms. The average Bonchev–Trinajstić information content (AvgIpc) is 2.64. The van der Waals surface area contributed by atoms with Gasteiger partial charge in [-0.2, -0.15) is 0 Å². The number of aromatic carboxylic acids is 1. The lowest BCUT2D eigenvalue weighted by molar-refractivity contribution is 0.0696. The summed E-state index contributed by atoms with van der Waals surface area (Å²) in [6, 6.07) is 5.35. The van der Waals surface area contributed by atoms with Gasteiger partial charge in [-0.25, -0.2) is 4.79 Å². The van der Waals surface area contributed by atoms with Crippen molar-refractivity contribution in [3.63, 3.8) is 0 Å². The Morgan fingerprint density at radius 3 is 2.88 bits per heavy atom. The van der Waals surface area contributed by atoms with Crippen LogP contribution in [0.3, 0.4) is 0 Å². The SMILES string of the molecule is CC1OCCC1Sc1ccc(C(=O)O)c(Br)c1. The maximum absolute atomic E-state index is 10.9. The van der Waals surface area contributed by atoms with E-state index in [1.54, 1.807) is 17.8 Å². The van der Waals surface area contributed by atoms with Crippen LogP contribution in [0.2, 0.25) is 0 Å². The Labute approximate surface area is 113 Å². The first-order valence-corrected chi connectivity index (χ1v) is 7.06. The highest BCUT2D eigenvalue weighted by Crippen LogP contribution is 2.34. The van der Waals surface area contributed by atoms with Crippen molar-refractivity contribution in [2.24, 2.45) is 0 Å². The number of thioether (sulfide) groups is 1. The van der Waals surface area contributed by atoms with Crippen LogP contribution in [-0.2, 0) is 4.74 Å². The van der Waals surface area contributed by atoms with Gasteiger partial charge in [0.15, 0.2) is 0 Å². The maximum Gasteiger partial charge on any atom is 0.336 e. The van der Waals surface area contributed by atoms with Crippen LogP contribution in [0.5, 0.6) is 0 Å². The summed E-state index contributed by atoms with van der Waals surface area (Å²) in [6.45, 7) is 2.89. The summed E-state index contributed by atoms with van der Waals surface area (Å²) in [7, 11) is 0. The molecule has 1 aromatic carbocycles. The highest BCUT2D eigenvalue weighted by Gasteiger charge is 2.25. The van der Waals surface area contributed by atoms with E-state index in [9.17, 15) is 4.79 Å². The van der Waals surface area contributed by atoms with E-state index >= 15 is 0 Å². The van der Waals surface area contributed by atoms with Crippen molar-refractivity contribution in [3.05, 3.63) is 28.2 Å². The standard InChI is InChI=1S/C12H13BrO3S/c1-7-11(4-5-16-7)17-8-2-3-9(12(14)15)10(13)6-8/h2-3,6-7,11H,4-5H2,1H3,(H,14,15). The number of hydrogen-bond donors (Lipinski definition) is 1. The Balaban J connectivity index is 2.12. The Bertz CT molecular complexity index is 436. The molecule has 0 aliphatic carbocycles. The zero-order valence-electron chi connectivity index (χ0n) is 9.35. The van der Waals surface area contributed by atoms with E-state index in [2.05, 4.69) is 22.9 Å². The fraction of sp³-hybridized carbons (Fsp3) is 0.417. The number of benzene rings is 1. The molecule has 2 rings (SSSR count). The minimum absolute atomic E-state index is 0.262. The van der Waals surface area contributed by atoms with Crippen LogP contribution in [0.1, 0.15) is 23.7 Å². The molecular weight excluding hydrogens is 304 g/mol. The molecule has 5 heteroatoms. The van der Waals surface area contributed by atoms with Crippen molar-refractivity contribution in [1.29, 1.82) is 0 Å². The second-order valence-corrected chi connectivity index (χ2v) is 6.13. The average molecular weight is 317 g/mol. The number of halogens is 1. The highest BCUT2D eigenvalue weighted by atomic mass is 79.9. The zero-order chi connectivity index (χ0) is 12.4. The molecule has 1 saturated heterocycles. The van der Waals surface area contributed by atoms with Gasteiger partial charge >= 0.3 is 5.97 Å². The van der Waals surface area contributed by atoms with E-state index in [-0.39, 0.29) is 6.10 Å². The first kappa shape index (κ1) is 12.9. The van der Waals surface area contributed by atoms with Crippen LogP contribution >= 0.6 is 27.7 Å². The van der Waals surface area contributed by atoms with Crippen LogP contribution in [0, 0.1) is 0 Å². The van der Waals surface area contributed by atoms with Gasteiger partial charge in [0.05, 0.1) is 11.7 Å². The molecule has 1 aliphatic heterocycles. The molecule has 3 nitrogen and oxygen atoms in total. The third kappa shape index (κ3) is 3.03. The number of ether oxygens (including phenoxy) is 1. The molecule has 0 radical (unpaired) electrons. The van der Waals surface area contributed by atoms with Crippen LogP contribution in [0.4, 0.5) is 0 Å². The third-order valence-corrected chi connectivity index (χ3v) is 4.87. The Kier molecular flexibility index (Phi) is 4.12. The van der Waals surface area contributed by atoms with Crippen molar-refractivity contribution in [2.75, 3.05) is 6.61 Å². The normalized spacial score (nSPS) is 23.9. The second-order valence-electron chi connectivity index (χ2n) is 3.97. The first-order valence-electron chi connectivity index (χ1n) is 5.39. The Morgan fingerprint density at radius 1 is 1.59 bits per heavy atom. The molecule has 92 valence electrons. The maximum atomic E-state index is 10.9. The fourth-order valence-electron chi connectivity index (χ4n) is 1.78. The summed E-state index contributed by atoms with van der Waals surface area (Å²) in [6.07, 6.45) is 1.31. The van der Waals surface area contributed by atoms with Gasteiger partial charge in [0.1, 0.15) is 0 Å². The van der Waals surface area contributed by atoms with Crippen LogP contribution in [0.15, 0.2) is 27.6 Å². The molecule has 1 aliphatic rings. The minimum Gasteiger partial charge on any atom is -0.478 e. The van der Waals surface area contributed by atoms with E-state index < -0.39 is 5.97 Å². The molecule has 17 heavy (non-hydrogen) atoms. The van der Waals surface area contributed by atoms with Crippen LogP contribution < -0.4 is 0 Å². The molecule has 1 N–H and O–H groups in total. The fourth-order valence-corrected chi connectivity index (χ4v) is 3.65. The van der Waals surface area contributed by atoms with Crippen LogP contribution in [0.25, 0.3) is 0 Å². The van der Waals surface area contributed by atoms with E-state index in [0.29, 0.717) is 15.3 Å². The molecular formula is C12H13BrO3S. The molecule has 0 spiro atoms. The van der Waals surface area contributed by atoms with Gasteiger partial charge in [0.2, 0.25) is 0 Å². The quantitative estimate of drug-likeness (QED) is 0.928. The Morgan fingerprint density at radius 2 is 2.35 bits per heavy atom. The van der Waals surface area contributed by atoms with Gasteiger partial charge in [-0.3, -0.25) is 0 Å². The number of carboxylic acid groups (broad SMARTS) is 1. The van der Waals surface area contributed by atoms with Gasteiger partial charge in [-0.05, 0) is 47.5 Å². The molecule has 2 atom stereocenters. The Hall–Kier alpha value is -0.520. The topological polar surface area (TPSA) is 46.5 Å². The van der Waals surface area contributed by atoms with Crippen LogP contribution in [-0.4, -0.2) is 29.0 Å². The number of carboxylic acids is 1. The van der Waals surface area contributed by atoms with Gasteiger partial charge in [-0.15, -0.1) is 11.8 Å². The van der Waals surface area contributed by atoms with Gasteiger partial charge in [0, 0.05) is 21.2 Å². The lowest BCUT2D eigenvalue weighted by Gasteiger charge is -2.13. The van der Waals surface area contributed by atoms with E-state index in [4.69, 9.17) is 9.84 Å². The van der Waals surface area contributed by atoms with Crippen molar-refractivity contribution >= 4 is 33.7 Å². The summed E-state index contributed by atoms with van der Waals surface area (Å²) in [4.78, 5) is 11.9. The number of hydrogen-bond acceptors (Lipinski definition) is 3. The summed E-state index contributed by atoms with van der Waals surface area (Å²) in [5, 5.41) is 9.38. The molecule has 0 saturated carbocycles. The van der Waals surface area contributed by atoms with Gasteiger partial charge < -0.3 is 9.84 Å². The second kappa shape index (κ2) is 5.42. The lowest BCUT2D eigenvalue weighted by Crippen LogP contribution is -2.12. The predicted octanol–water partition coefficient (Wildman–Crippen LogP) is 3.42. The molecule has 1 heterocycles. The molecule has 0 aromatic heterocycles. The highest BCUT2D eigenvalue weighted by molar-refractivity contribution is 9.10. The van der Waals surface area contributed by atoms with Gasteiger partial charge in [-0.1, -0.05) is 0 Å². The lowest BCUT2D eigenvalue weighted by atomic mass is 10.2. The molecule has 2 unspecified atom stereocenters. The monoisotopic (exact) mass is 316 g/mol. The molecule has 1 aromatic rings. The minimum atomic E-state index is -0.911. The van der Waals surface area contributed by atoms with E-state index in [0.717, 1.165) is 17.9 Å². The smallest absolute Gasteiger partial charge is 0.336 e. The number of rotatable bonds is 3. The number of carbonyl (C=O) groups is 1.